The van der Waals surface area contributed by atoms with Crippen LogP contribution in [0.25, 0.3) is 22.3 Å². The van der Waals surface area contributed by atoms with Crippen LogP contribution in [-0.2, 0) is 0 Å². The zero-order valence-electron chi connectivity index (χ0n) is 29.2. The normalized spacial score (nSPS) is 10.1. The lowest BCUT2D eigenvalue weighted by Crippen LogP contribution is -1.97. The van der Waals surface area contributed by atoms with Gasteiger partial charge in [-0.25, -0.2) is 0 Å². The maximum Gasteiger partial charge on any atom is 0.0623 e. The molecule has 0 radical (unpaired) electrons. The molecule has 0 unspecified atom stereocenters. The molecular weight excluding hydrogens is 712 g/mol. The van der Waals surface area contributed by atoms with Crippen LogP contribution in [0, 0.1) is 0 Å². The summed E-state index contributed by atoms with van der Waals surface area (Å²) in [6, 6.07) is 73.8. The first-order valence-corrected chi connectivity index (χ1v) is 18.2. The van der Waals surface area contributed by atoms with E-state index in [2.05, 4.69) is 153 Å². The van der Waals surface area contributed by atoms with Crippen LogP contribution < -0.4 is 21.7 Å². The van der Waals surface area contributed by atoms with Crippen molar-refractivity contribution in [2.45, 2.75) is 0 Å². The minimum atomic E-state index is 0.761. The van der Waals surface area contributed by atoms with Gasteiger partial charge in [0.2, 0.25) is 0 Å². The zero-order valence-corrected chi connectivity index (χ0v) is 30.8. The van der Waals surface area contributed by atoms with Crippen molar-refractivity contribution in [1.29, 1.82) is 0 Å². The standard InChI is InChI=1S/C24H20N2.C12H9Br.C12H12N2/c1-3-9-19(10-4-1)20-15-17-22(18-16-20)26-24-14-8-7-13-23(24)25-21-11-5-2-6-12-21;13-12-8-6-11(7-9-12)10-4-2-1-3-5-10;13-11-8-4-5-9-12(11)14-10-6-2-1-3-7-10/h1-18,25-26H;1-9H;1-9,14H,13H2. The molecule has 0 heterocycles. The van der Waals surface area contributed by atoms with Gasteiger partial charge >= 0.3 is 0 Å². The van der Waals surface area contributed by atoms with Gasteiger partial charge in [0, 0.05) is 21.5 Å². The summed E-state index contributed by atoms with van der Waals surface area (Å²) in [4.78, 5) is 0. The minimum Gasteiger partial charge on any atom is -0.397 e. The molecule has 0 spiro atoms. The van der Waals surface area contributed by atoms with E-state index in [1.54, 1.807) is 0 Å². The quantitative estimate of drug-likeness (QED) is 0.117. The summed E-state index contributed by atoms with van der Waals surface area (Å²) in [6.45, 7) is 0. The number of hydrogen-bond acceptors (Lipinski definition) is 4. The molecule has 0 bridgehead atoms. The van der Waals surface area contributed by atoms with Crippen LogP contribution in [0.5, 0.6) is 0 Å². The van der Waals surface area contributed by atoms with E-state index < -0.39 is 0 Å². The van der Waals surface area contributed by atoms with Gasteiger partial charge in [-0.1, -0.05) is 162 Å². The van der Waals surface area contributed by atoms with E-state index in [1.165, 1.54) is 22.3 Å². The Bertz CT molecular complexity index is 2240. The van der Waals surface area contributed by atoms with Crippen LogP contribution >= 0.6 is 15.9 Å². The lowest BCUT2D eigenvalue weighted by molar-refractivity contribution is 1.50. The van der Waals surface area contributed by atoms with Crippen molar-refractivity contribution in [3.8, 4) is 22.3 Å². The van der Waals surface area contributed by atoms with Crippen LogP contribution in [0.1, 0.15) is 0 Å². The Morgan fingerprint density at radius 1 is 0.283 bits per heavy atom. The molecular formula is C48H41BrN4. The van der Waals surface area contributed by atoms with Crippen LogP contribution in [-0.4, -0.2) is 0 Å². The van der Waals surface area contributed by atoms with Gasteiger partial charge in [-0.15, -0.1) is 0 Å². The fourth-order valence-electron chi connectivity index (χ4n) is 5.47. The maximum atomic E-state index is 5.81. The summed E-state index contributed by atoms with van der Waals surface area (Å²) in [7, 11) is 0. The fourth-order valence-corrected chi connectivity index (χ4v) is 5.74. The first-order valence-electron chi connectivity index (χ1n) is 17.4. The van der Waals surface area contributed by atoms with Crippen molar-refractivity contribution >= 4 is 55.7 Å². The third-order valence-electron chi connectivity index (χ3n) is 8.22. The number of anilines is 7. The van der Waals surface area contributed by atoms with E-state index in [0.29, 0.717) is 0 Å². The molecule has 0 aliphatic heterocycles. The van der Waals surface area contributed by atoms with Crippen molar-refractivity contribution in [3.63, 3.8) is 0 Å². The number of benzene rings is 8. The fraction of sp³-hybridized carbons (Fsp3) is 0. The van der Waals surface area contributed by atoms with Crippen LogP contribution in [0.4, 0.5) is 39.8 Å². The van der Waals surface area contributed by atoms with Gasteiger partial charge in [-0.2, -0.15) is 0 Å². The van der Waals surface area contributed by atoms with Crippen LogP contribution in [0.3, 0.4) is 0 Å². The first-order chi connectivity index (χ1) is 26.1. The first kappa shape index (κ1) is 36.2. The Morgan fingerprint density at radius 3 is 1.02 bits per heavy atom. The number of hydrogen-bond donors (Lipinski definition) is 4. The monoisotopic (exact) mass is 752 g/mol. The summed E-state index contributed by atoms with van der Waals surface area (Å²) in [5.41, 5.74) is 17.7. The number of para-hydroxylation sites is 6. The number of nitrogens with two attached hydrogens (primary N) is 1. The molecule has 260 valence electrons. The molecule has 8 rings (SSSR count). The summed E-state index contributed by atoms with van der Waals surface area (Å²) < 4.78 is 1.12. The second-order valence-electron chi connectivity index (χ2n) is 12.1. The Kier molecular flexibility index (Phi) is 13.1. The molecule has 8 aromatic rings. The minimum absolute atomic E-state index is 0.761. The maximum absolute atomic E-state index is 5.81. The van der Waals surface area contributed by atoms with E-state index in [1.807, 2.05) is 97.1 Å². The molecule has 0 fully saturated rings. The zero-order chi connectivity index (χ0) is 36.5. The topological polar surface area (TPSA) is 62.1 Å². The lowest BCUT2D eigenvalue weighted by Gasteiger charge is -2.14. The average molecular weight is 754 g/mol. The predicted molar refractivity (Wildman–Crippen MR) is 231 cm³/mol. The number of rotatable bonds is 8. The molecule has 0 amide bonds. The molecule has 0 saturated heterocycles. The van der Waals surface area contributed by atoms with E-state index in [-0.39, 0.29) is 0 Å². The lowest BCUT2D eigenvalue weighted by atomic mass is 10.1. The number of nitrogen functional groups attached to an aromatic ring is 1. The molecule has 0 atom stereocenters. The van der Waals surface area contributed by atoms with Crippen molar-refractivity contribution in [2.75, 3.05) is 21.7 Å². The van der Waals surface area contributed by atoms with Gasteiger partial charge in [0.15, 0.2) is 0 Å². The highest BCUT2D eigenvalue weighted by Crippen LogP contribution is 2.29. The molecule has 53 heavy (non-hydrogen) atoms. The molecule has 8 aromatic carbocycles. The third kappa shape index (κ3) is 11.2. The highest BCUT2D eigenvalue weighted by atomic mass is 79.9. The molecule has 0 aromatic heterocycles. The highest BCUT2D eigenvalue weighted by Gasteiger charge is 2.04. The molecule has 5 N–H and O–H groups in total. The van der Waals surface area contributed by atoms with Gasteiger partial charge in [0.25, 0.3) is 0 Å². The highest BCUT2D eigenvalue weighted by molar-refractivity contribution is 9.10. The van der Waals surface area contributed by atoms with Crippen molar-refractivity contribution in [3.05, 3.63) is 223 Å². The van der Waals surface area contributed by atoms with Gasteiger partial charge < -0.3 is 21.7 Å². The Hall–Kier alpha value is -6.56. The molecule has 0 aliphatic rings. The molecule has 0 saturated carbocycles. The summed E-state index contributed by atoms with van der Waals surface area (Å²) in [6.07, 6.45) is 0. The Labute approximate surface area is 321 Å². The van der Waals surface area contributed by atoms with Gasteiger partial charge in [0.05, 0.1) is 22.7 Å². The smallest absolute Gasteiger partial charge is 0.0623 e. The van der Waals surface area contributed by atoms with E-state index in [4.69, 9.17) is 5.73 Å². The summed E-state index contributed by atoms with van der Waals surface area (Å²) in [5.74, 6) is 0. The van der Waals surface area contributed by atoms with E-state index in [9.17, 15) is 0 Å². The molecule has 4 nitrogen and oxygen atoms in total. The van der Waals surface area contributed by atoms with Crippen molar-refractivity contribution in [1.82, 2.24) is 0 Å². The predicted octanol–water partition coefficient (Wildman–Crippen LogP) is 14.0. The van der Waals surface area contributed by atoms with Crippen molar-refractivity contribution in [2.24, 2.45) is 0 Å². The Balaban J connectivity index is 0.000000150. The average Bonchev–Trinajstić information content (AvgIpc) is 3.22. The summed E-state index contributed by atoms with van der Waals surface area (Å²) in [5, 5.41) is 10.2. The largest absolute Gasteiger partial charge is 0.397 e. The van der Waals surface area contributed by atoms with Crippen LogP contribution in [0.2, 0.25) is 0 Å². The van der Waals surface area contributed by atoms with Gasteiger partial charge in [0.1, 0.15) is 0 Å². The summed E-state index contributed by atoms with van der Waals surface area (Å²) >= 11 is 3.42. The third-order valence-corrected chi connectivity index (χ3v) is 8.74. The number of halogens is 1. The van der Waals surface area contributed by atoms with Crippen molar-refractivity contribution < 1.29 is 0 Å². The van der Waals surface area contributed by atoms with Crippen LogP contribution in [0.15, 0.2) is 223 Å². The molecule has 0 aliphatic carbocycles. The van der Waals surface area contributed by atoms with E-state index >= 15 is 0 Å². The second kappa shape index (κ2) is 19.2. The van der Waals surface area contributed by atoms with Gasteiger partial charge in [-0.05, 0) is 95.1 Å². The van der Waals surface area contributed by atoms with E-state index in [0.717, 1.165) is 44.3 Å². The SMILES string of the molecule is Brc1ccc(-c2ccccc2)cc1.Nc1ccccc1Nc1ccccc1.c1ccc(Nc2ccccc2Nc2ccc(-c3ccccc3)cc2)cc1. The number of nitrogens with one attached hydrogen (secondary N) is 3. The Morgan fingerprint density at radius 2 is 0.585 bits per heavy atom. The molecule has 5 heteroatoms. The van der Waals surface area contributed by atoms with Gasteiger partial charge in [-0.3, -0.25) is 0 Å². The second-order valence-corrected chi connectivity index (χ2v) is 13.0.